The Bertz CT molecular complexity index is 366. The van der Waals surface area contributed by atoms with Crippen LogP contribution in [-0.4, -0.2) is 18.6 Å². The van der Waals surface area contributed by atoms with E-state index in [4.69, 9.17) is 16.0 Å². The molecule has 0 bridgehead atoms. The lowest BCUT2D eigenvalue weighted by molar-refractivity contribution is 0.129. The molecule has 0 aliphatic heterocycles. The van der Waals surface area contributed by atoms with Crippen LogP contribution in [0.2, 0.25) is 0 Å². The van der Waals surface area contributed by atoms with Gasteiger partial charge in [-0.1, -0.05) is 18.2 Å². The van der Waals surface area contributed by atoms with Gasteiger partial charge >= 0.3 is 6.03 Å². The topological polar surface area (TPSA) is 91.4 Å². The summed E-state index contributed by atoms with van der Waals surface area (Å²) in [5, 5.41) is 10.2. The molecule has 1 aromatic rings. The highest BCUT2D eigenvalue weighted by Gasteiger charge is 2.16. The molecular formula is C10H14N4O2. The number of amides is 2. The third-order valence-electron chi connectivity index (χ3n) is 1.67. The smallest absolute Gasteiger partial charge is 0.352 e. The minimum atomic E-state index is -0.597. The van der Waals surface area contributed by atoms with Gasteiger partial charge in [-0.25, -0.2) is 4.79 Å². The number of urea groups is 1. The van der Waals surface area contributed by atoms with Gasteiger partial charge in [-0.2, -0.15) is 5.06 Å². The Morgan fingerprint density at radius 2 is 2.12 bits per heavy atom. The summed E-state index contributed by atoms with van der Waals surface area (Å²) < 4.78 is 0. The van der Waals surface area contributed by atoms with E-state index in [2.05, 4.69) is 5.32 Å². The first-order chi connectivity index (χ1) is 7.65. The van der Waals surface area contributed by atoms with Crippen LogP contribution in [-0.2, 0) is 4.84 Å². The van der Waals surface area contributed by atoms with E-state index < -0.39 is 12.0 Å². The van der Waals surface area contributed by atoms with Crippen molar-refractivity contribution in [1.82, 2.24) is 5.32 Å². The van der Waals surface area contributed by atoms with Gasteiger partial charge in [0, 0.05) is 0 Å². The first-order valence-corrected chi connectivity index (χ1v) is 4.78. The third-order valence-corrected chi connectivity index (χ3v) is 1.67. The molecule has 0 unspecified atom stereocenters. The predicted octanol–water partition coefficient (Wildman–Crippen LogP) is 1.05. The Hall–Kier alpha value is -2.08. The summed E-state index contributed by atoms with van der Waals surface area (Å²) >= 11 is 0. The number of carbonyl (C=O) groups excluding carboxylic acids is 1. The molecule has 0 spiro atoms. The standard InChI is InChI=1S/C10H14N4O2/c1-2-16-14(10(15)13-9(11)12)8-6-4-3-5-7-8/h3-7H,2H2,1H3,(H4,11,12,13,15). The number of para-hydroxylation sites is 1. The highest BCUT2D eigenvalue weighted by atomic mass is 16.7. The van der Waals surface area contributed by atoms with Gasteiger partial charge in [-0.15, -0.1) is 0 Å². The summed E-state index contributed by atoms with van der Waals surface area (Å²) in [6.45, 7) is 2.09. The minimum absolute atomic E-state index is 0.334. The van der Waals surface area contributed by atoms with Gasteiger partial charge in [-0.05, 0) is 19.1 Å². The Morgan fingerprint density at radius 3 is 2.62 bits per heavy atom. The average Bonchev–Trinajstić information content (AvgIpc) is 2.26. The fourth-order valence-electron chi connectivity index (χ4n) is 1.11. The van der Waals surface area contributed by atoms with Crippen molar-refractivity contribution >= 4 is 17.7 Å². The maximum absolute atomic E-state index is 11.6. The Kier molecular flexibility index (Phi) is 4.28. The highest BCUT2D eigenvalue weighted by molar-refractivity contribution is 6.01. The lowest BCUT2D eigenvalue weighted by atomic mass is 10.3. The van der Waals surface area contributed by atoms with Crippen LogP contribution in [0.3, 0.4) is 0 Å². The maximum Gasteiger partial charge on any atom is 0.352 e. The quantitative estimate of drug-likeness (QED) is 0.405. The van der Waals surface area contributed by atoms with E-state index in [9.17, 15) is 4.79 Å². The zero-order valence-corrected chi connectivity index (χ0v) is 8.93. The third kappa shape index (κ3) is 3.25. The normalized spacial score (nSPS) is 9.56. The summed E-state index contributed by atoms with van der Waals surface area (Å²) in [7, 11) is 0. The van der Waals surface area contributed by atoms with Crippen molar-refractivity contribution in [2.45, 2.75) is 6.92 Å². The second-order valence-corrected chi connectivity index (χ2v) is 2.89. The first kappa shape index (κ1) is 12.0. The van der Waals surface area contributed by atoms with Crippen LogP contribution in [0.25, 0.3) is 0 Å². The van der Waals surface area contributed by atoms with E-state index in [0.29, 0.717) is 12.3 Å². The molecule has 6 nitrogen and oxygen atoms in total. The van der Waals surface area contributed by atoms with Gasteiger partial charge in [0.25, 0.3) is 0 Å². The summed E-state index contributed by atoms with van der Waals surface area (Å²) in [6.07, 6.45) is 0. The monoisotopic (exact) mass is 222 g/mol. The predicted molar refractivity (Wildman–Crippen MR) is 61.0 cm³/mol. The number of hydroxylamine groups is 1. The van der Waals surface area contributed by atoms with Crippen molar-refractivity contribution in [1.29, 1.82) is 5.41 Å². The second kappa shape index (κ2) is 5.72. The molecule has 0 aliphatic rings. The first-order valence-electron chi connectivity index (χ1n) is 4.78. The highest BCUT2D eigenvalue weighted by Crippen LogP contribution is 2.13. The van der Waals surface area contributed by atoms with E-state index in [1.807, 2.05) is 6.07 Å². The molecule has 1 aromatic carbocycles. The summed E-state index contributed by atoms with van der Waals surface area (Å²) in [5.74, 6) is -0.425. The SMILES string of the molecule is CCON(C(=O)NC(=N)N)c1ccccc1. The molecule has 0 aliphatic carbocycles. The molecule has 0 saturated carbocycles. The summed E-state index contributed by atoms with van der Waals surface area (Å²) in [5.41, 5.74) is 5.65. The van der Waals surface area contributed by atoms with Gasteiger partial charge in [0.1, 0.15) is 0 Å². The molecule has 0 atom stereocenters. The van der Waals surface area contributed by atoms with Crippen LogP contribution < -0.4 is 16.1 Å². The number of carbonyl (C=O) groups is 1. The van der Waals surface area contributed by atoms with Crippen LogP contribution in [0, 0.1) is 5.41 Å². The maximum atomic E-state index is 11.6. The van der Waals surface area contributed by atoms with E-state index in [1.165, 1.54) is 0 Å². The molecule has 0 aromatic heterocycles. The molecule has 6 heteroatoms. The fraction of sp³-hybridized carbons (Fsp3) is 0.200. The number of guanidine groups is 1. The zero-order valence-electron chi connectivity index (χ0n) is 8.93. The van der Waals surface area contributed by atoms with Crippen LogP contribution in [0.4, 0.5) is 10.5 Å². The Balaban J connectivity index is 2.82. The Labute approximate surface area is 93.5 Å². The van der Waals surface area contributed by atoms with Crippen LogP contribution in [0.5, 0.6) is 0 Å². The van der Waals surface area contributed by atoms with Crippen molar-refractivity contribution in [2.24, 2.45) is 5.73 Å². The van der Waals surface area contributed by atoms with Gasteiger partial charge in [0.15, 0.2) is 5.96 Å². The molecule has 1 rings (SSSR count). The number of benzene rings is 1. The summed E-state index contributed by atoms with van der Waals surface area (Å²) in [4.78, 5) is 16.8. The largest absolute Gasteiger partial charge is 0.370 e. The zero-order chi connectivity index (χ0) is 12.0. The molecule has 16 heavy (non-hydrogen) atoms. The number of nitrogens with zero attached hydrogens (tertiary/aromatic N) is 1. The van der Waals surface area contributed by atoms with E-state index in [-0.39, 0.29) is 0 Å². The molecule has 0 fully saturated rings. The van der Waals surface area contributed by atoms with Gasteiger partial charge in [0.05, 0.1) is 12.3 Å². The lowest BCUT2D eigenvalue weighted by Gasteiger charge is -2.20. The van der Waals surface area contributed by atoms with Crippen molar-refractivity contribution in [3.63, 3.8) is 0 Å². The van der Waals surface area contributed by atoms with E-state index in [0.717, 1.165) is 5.06 Å². The molecular weight excluding hydrogens is 208 g/mol. The molecule has 0 radical (unpaired) electrons. The number of nitrogens with two attached hydrogens (primary N) is 1. The second-order valence-electron chi connectivity index (χ2n) is 2.89. The van der Waals surface area contributed by atoms with E-state index in [1.54, 1.807) is 31.2 Å². The molecule has 0 saturated heterocycles. The number of nitrogens with one attached hydrogen (secondary N) is 2. The van der Waals surface area contributed by atoms with Crippen molar-refractivity contribution in [3.8, 4) is 0 Å². The van der Waals surface area contributed by atoms with Crippen molar-refractivity contribution < 1.29 is 9.63 Å². The molecule has 0 heterocycles. The molecule has 4 N–H and O–H groups in total. The van der Waals surface area contributed by atoms with Crippen molar-refractivity contribution in [3.05, 3.63) is 30.3 Å². The lowest BCUT2D eigenvalue weighted by Crippen LogP contribution is -2.45. The van der Waals surface area contributed by atoms with Crippen molar-refractivity contribution in [2.75, 3.05) is 11.7 Å². The van der Waals surface area contributed by atoms with Crippen LogP contribution in [0.1, 0.15) is 6.92 Å². The van der Waals surface area contributed by atoms with E-state index >= 15 is 0 Å². The number of hydrogen-bond donors (Lipinski definition) is 3. The molecule has 2 amide bonds. The average molecular weight is 222 g/mol. The Morgan fingerprint density at radius 1 is 1.50 bits per heavy atom. The van der Waals surface area contributed by atoms with Gasteiger partial charge in [-0.3, -0.25) is 15.6 Å². The van der Waals surface area contributed by atoms with Crippen LogP contribution >= 0.6 is 0 Å². The fourth-order valence-corrected chi connectivity index (χ4v) is 1.11. The van der Waals surface area contributed by atoms with Crippen LogP contribution in [0.15, 0.2) is 30.3 Å². The molecule has 86 valence electrons. The number of rotatable bonds is 3. The summed E-state index contributed by atoms with van der Waals surface area (Å²) in [6, 6.07) is 8.23. The van der Waals surface area contributed by atoms with Gasteiger partial charge in [0.2, 0.25) is 0 Å². The number of hydrogen-bond acceptors (Lipinski definition) is 3. The van der Waals surface area contributed by atoms with Gasteiger partial charge < -0.3 is 5.73 Å². The number of anilines is 1. The minimum Gasteiger partial charge on any atom is -0.370 e.